The van der Waals surface area contributed by atoms with Crippen LogP contribution in [0.3, 0.4) is 0 Å². The second-order valence-electron chi connectivity index (χ2n) is 6.79. The number of carbonyl (C=O) groups is 1. The summed E-state index contributed by atoms with van der Waals surface area (Å²) in [6.45, 7) is 6.22. The highest BCUT2D eigenvalue weighted by atomic mass is 16.5. The van der Waals surface area contributed by atoms with Crippen LogP contribution in [0, 0.1) is 6.92 Å². The van der Waals surface area contributed by atoms with Crippen LogP contribution >= 0.6 is 0 Å². The molecule has 1 atom stereocenters. The van der Waals surface area contributed by atoms with Crippen LogP contribution in [0.15, 0.2) is 40.9 Å². The van der Waals surface area contributed by atoms with Gasteiger partial charge in [-0.2, -0.15) is 0 Å². The minimum absolute atomic E-state index is 0.130. The van der Waals surface area contributed by atoms with Gasteiger partial charge in [0.05, 0.1) is 12.2 Å². The summed E-state index contributed by atoms with van der Waals surface area (Å²) in [5.41, 5.74) is 1.97. The molecule has 3 rings (SSSR count). The molecule has 6 heteroatoms. The van der Waals surface area contributed by atoms with Crippen molar-refractivity contribution in [3.8, 4) is 0 Å². The monoisotopic (exact) mass is 342 g/mol. The number of amides is 1. The predicted octanol–water partition coefficient (Wildman–Crippen LogP) is 1.93. The van der Waals surface area contributed by atoms with E-state index in [0.29, 0.717) is 0 Å². The Morgan fingerprint density at radius 3 is 2.44 bits per heavy atom. The van der Waals surface area contributed by atoms with Crippen LogP contribution in [0.2, 0.25) is 0 Å². The molecule has 6 nitrogen and oxygen atoms in total. The van der Waals surface area contributed by atoms with E-state index in [1.165, 1.54) is 0 Å². The van der Waals surface area contributed by atoms with Crippen molar-refractivity contribution in [3.63, 3.8) is 0 Å². The van der Waals surface area contributed by atoms with Crippen molar-refractivity contribution in [2.24, 2.45) is 0 Å². The Balaban J connectivity index is 1.66. The number of hydrogen-bond acceptors (Lipinski definition) is 5. The third kappa shape index (κ3) is 4.27. The lowest BCUT2D eigenvalue weighted by Crippen LogP contribution is -2.50. The molecule has 0 unspecified atom stereocenters. The van der Waals surface area contributed by atoms with Crippen molar-refractivity contribution in [2.75, 3.05) is 40.3 Å². The van der Waals surface area contributed by atoms with E-state index in [2.05, 4.69) is 15.0 Å². The fourth-order valence-corrected chi connectivity index (χ4v) is 3.28. The number of piperazine rings is 1. The van der Waals surface area contributed by atoms with E-state index in [-0.39, 0.29) is 11.9 Å². The van der Waals surface area contributed by atoms with E-state index in [9.17, 15) is 4.79 Å². The fourth-order valence-electron chi connectivity index (χ4n) is 3.28. The number of nitrogens with zero attached hydrogens (tertiary/aromatic N) is 4. The number of hydrogen-bond donors (Lipinski definition) is 0. The van der Waals surface area contributed by atoms with Crippen molar-refractivity contribution in [1.82, 2.24) is 19.9 Å². The standard InChI is InChI=1S/C19H26N4O2/c1-15-13-17(25-20-15)14-22-9-11-23(12-10-22)18(19(24)21(2)3)16-7-5-4-6-8-16/h4-8,13,18H,9-12,14H2,1-3H3/t18-/m0/s1. The van der Waals surface area contributed by atoms with Gasteiger partial charge in [0.25, 0.3) is 0 Å². The van der Waals surface area contributed by atoms with Crippen molar-refractivity contribution < 1.29 is 9.32 Å². The number of aryl methyl sites for hydroxylation is 1. The summed E-state index contributed by atoms with van der Waals surface area (Å²) in [7, 11) is 3.64. The van der Waals surface area contributed by atoms with Crippen LogP contribution < -0.4 is 0 Å². The summed E-state index contributed by atoms with van der Waals surface area (Å²) in [4.78, 5) is 19.1. The molecule has 0 aliphatic carbocycles. The highest BCUT2D eigenvalue weighted by Crippen LogP contribution is 2.24. The van der Waals surface area contributed by atoms with Crippen molar-refractivity contribution >= 4 is 5.91 Å². The first-order chi connectivity index (χ1) is 12.0. The first-order valence-corrected chi connectivity index (χ1v) is 8.69. The molecule has 0 saturated carbocycles. The van der Waals surface area contributed by atoms with Gasteiger partial charge in [0.2, 0.25) is 5.91 Å². The Hall–Kier alpha value is -2.18. The zero-order valence-corrected chi connectivity index (χ0v) is 15.2. The largest absolute Gasteiger partial charge is 0.360 e. The first kappa shape index (κ1) is 17.6. The SMILES string of the molecule is Cc1cc(CN2CCN([C@H](C(=O)N(C)C)c3ccccc3)CC2)on1. The molecule has 1 fully saturated rings. The van der Waals surface area contributed by atoms with Gasteiger partial charge in [-0.25, -0.2) is 0 Å². The Kier molecular flexibility index (Phi) is 5.50. The molecular formula is C19H26N4O2. The zero-order valence-electron chi connectivity index (χ0n) is 15.2. The molecule has 0 N–H and O–H groups in total. The minimum Gasteiger partial charge on any atom is -0.360 e. The van der Waals surface area contributed by atoms with Gasteiger partial charge in [0.15, 0.2) is 5.76 Å². The molecule has 1 saturated heterocycles. The molecule has 1 aromatic carbocycles. The summed E-state index contributed by atoms with van der Waals surface area (Å²) >= 11 is 0. The molecule has 134 valence electrons. The lowest BCUT2D eigenvalue weighted by molar-refractivity contribution is -0.135. The molecule has 25 heavy (non-hydrogen) atoms. The number of aromatic nitrogens is 1. The van der Waals surface area contributed by atoms with E-state index >= 15 is 0 Å². The van der Waals surface area contributed by atoms with Gasteiger partial charge in [0, 0.05) is 46.3 Å². The maximum Gasteiger partial charge on any atom is 0.244 e. The lowest BCUT2D eigenvalue weighted by atomic mass is 10.0. The third-order valence-electron chi connectivity index (χ3n) is 4.62. The fraction of sp³-hybridized carbons (Fsp3) is 0.474. The zero-order chi connectivity index (χ0) is 17.8. The quantitative estimate of drug-likeness (QED) is 0.831. The maximum absolute atomic E-state index is 12.8. The molecule has 0 radical (unpaired) electrons. The Labute approximate surface area is 149 Å². The molecule has 1 amide bonds. The van der Waals surface area contributed by atoms with Crippen LogP contribution in [-0.4, -0.2) is 66.0 Å². The maximum atomic E-state index is 12.8. The van der Waals surface area contributed by atoms with Gasteiger partial charge >= 0.3 is 0 Å². The van der Waals surface area contributed by atoms with Gasteiger partial charge in [-0.05, 0) is 12.5 Å². The normalized spacial score (nSPS) is 17.4. The second-order valence-corrected chi connectivity index (χ2v) is 6.79. The average molecular weight is 342 g/mol. The van der Waals surface area contributed by atoms with Crippen LogP contribution in [-0.2, 0) is 11.3 Å². The lowest BCUT2D eigenvalue weighted by Gasteiger charge is -2.39. The first-order valence-electron chi connectivity index (χ1n) is 8.69. The van der Waals surface area contributed by atoms with Crippen LogP contribution in [0.5, 0.6) is 0 Å². The molecule has 1 aliphatic heterocycles. The molecule has 2 heterocycles. The molecular weight excluding hydrogens is 316 g/mol. The van der Waals surface area contributed by atoms with Crippen LogP contribution in [0.4, 0.5) is 0 Å². The summed E-state index contributed by atoms with van der Waals surface area (Å²) in [6.07, 6.45) is 0. The van der Waals surface area contributed by atoms with Crippen LogP contribution in [0.1, 0.15) is 23.1 Å². The van der Waals surface area contributed by atoms with Gasteiger partial charge < -0.3 is 9.42 Å². The minimum atomic E-state index is -0.217. The summed E-state index contributed by atoms with van der Waals surface area (Å²) in [6, 6.07) is 11.8. The van der Waals surface area contributed by atoms with E-state index < -0.39 is 0 Å². The number of carbonyl (C=O) groups excluding carboxylic acids is 1. The molecule has 0 bridgehead atoms. The molecule has 1 aliphatic rings. The Morgan fingerprint density at radius 1 is 1.20 bits per heavy atom. The molecule has 1 aromatic heterocycles. The molecule has 2 aromatic rings. The number of rotatable bonds is 5. The topological polar surface area (TPSA) is 52.8 Å². The molecule has 0 spiro atoms. The van der Waals surface area contributed by atoms with Gasteiger partial charge in [-0.15, -0.1) is 0 Å². The van der Waals surface area contributed by atoms with E-state index in [1.807, 2.05) is 57.4 Å². The smallest absolute Gasteiger partial charge is 0.244 e. The van der Waals surface area contributed by atoms with E-state index in [0.717, 1.165) is 49.7 Å². The number of benzene rings is 1. The van der Waals surface area contributed by atoms with Crippen molar-refractivity contribution in [3.05, 3.63) is 53.4 Å². The summed E-state index contributed by atoms with van der Waals surface area (Å²) in [5.74, 6) is 1.03. The van der Waals surface area contributed by atoms with E-state index in [4.69, 9.17) is 4.52 Å². The highest BCUT2D eigenvalue weighted by molar-refractivity contribution is 5.82. The van der Waals surface area contributed by atoms with Crippen molar-refractivity contribution in [2.45, 2.75) is 19.5 Å². The van der Waals surface area contributed by atoms with Gasteiger partial charge in [-0.1, -0.05) is 35.5 Å². The average Bonchev–Trinajstić information content (AvgIpc) is 3.02. The van der Waals surface area contributed by atoms with Crippen molar-refractivity contribution in [1.29, 1.82) is 0 Å². The predicted molar refractivity (Wildman–Crippen MR) is 96.0 cm³/mol. The Morgan fingerprint density at radius 2 is 1.88 bits per heavy atom. The van der Waals surface area contributed by atoms with Gasteiger partial charge in [0.1, 0.15) is 6.04 Å². The number of likely N-dealkylation sites (N-methyl/N-ethyl adjacent to an activating group) is 1. The van der Waals surface area contributed by atoms with Crippen LogP contribution in [0.25, 0.3) is 0 Å². The second kappa shape index (κ2) is 7.80. The Bertz CT molecular complexity index is 690. The highest BCUT2D eigenvalue weighted by Gasteiger charge is 2.31. The summed E-state index contributed by atoms with van der Waals surface area (Å²) in [5, 5.41) is 3.95. The third-order valence-corrected chi connectivity index (χ3v) is 4.62. The van der Waals surface area contributed by atoms with E-state index in [1.54, 1.807) is 4.90 Å². The summed E-state index contributed by atoms with van der Waals surface area (Å²) < 4.78 is 5.31. The van der Waals surface area contributed by atoms with Gasteiger partial charge in [-0.3, -0.25) is 14.6 Å².